The van der Waals surface area contributed by atoms with Crippen molar-refractivity contribution in [3.8, 4) is 0 Å². The number of benzene rings is 1. The van der Waals surface area contributed by atoms with E-state index in [0.717, 1.165) is 17.8 Å². The monoisotopic (exact) mass is 250 g/mol. The van der Waals surface area contributed by atoms with Gasteiger partial charge in [0.05, 0.1) is 0 Å². The van der Waals surface area contributed by atoms with E-state index in [1.54, 1.807) is 0 Å². The molecule has 3 atom stereocenters. The van der Waals surface area contributed by atoms with Gasteiger partial charge in [-0.1, -0.05) is 63.6 Å². The Kier molecular flexibility index (Phi) is 5.83. The first-order chi connectivity index (χ1) is 8.62. The third kappa shape index (κ3) is 3.33. The van der Waals surface area contributed by atoms with Crippen molar-refractivity contribution in [2.75, 3.05) is 0 Å². The molecule has 3 saturated carbocycles. The highest BCUT2D eigenvalue weighted by Crippen LogP contribution is 2.61. The van der Waals surface area contributed by atoms with Gasteiger partial charge in [-0.3, -0.25) is 10.5 Å². The predicted molar refractivity (Wildman–Crippen MR) is 75.5 cm³/mol. The van der Waals surface area contributed by atoms with Gasteiger partial charge in [-0.2, -0.15) is 0 Å². The second kappa shape index (κ2) is 6.91. The summed E-state index contributed by atoms with van der Waals surface area (Å²) < 4.78 is 0. The van der Waals surface area contributed by atoms with Crippen LogP contribution in [0.3, 0.4) is 0 Å². The van der Waals surface area contributed by atoms with Crippen molar-refractivity contribution >= 4 is 0 Å². The molecule has 0 saturated heterocycles. The Bertz CT molecular complexity index is 292. The first kappa shape index (κ1) is 15.2. The molecule has 0 aromatic heterocycles. The van der Waals surface area contributed by atoms with Gasteiger partial charge < -0.3 is 0 Å². The molecule has 3 aliphatic carbocycles. The van der Waals surface area contributed by atoms with Crippen LogP contribution >= 0.6 is 0 Å². The van der Waals surface area contributed by atoms with Gasteiger partial charge in [0.2, 0.25) is 0 Å². The van der Waals surface area contributed by atoms with Gasteiger partial charge in [0, 0.05) is 0 Å². The van der Waals surface area contributed by atoms with Crippen LogP contribution in [0.4, 0.5) is 0 Å². The van der Waals surface area contributed by atoms with Crippen molar-refractivity contribution in [3.63, 3.8) is 0 Å². The smallest absolute Gasteiger partial charge is 0.0295 e. The Labute approximate surface area is 111 Å². The quantitative estimate of drug-likeness (QED) is 0.513. The standard InChI is InChI=1S/C10H18.C6H6.H2O2/c1-7-4-5-8-6-9(7)10(8,2)3;1-2-4-6-5-3-1;1-2/h7-9H,4-6H2,1-3H3;1-6H;1-2H. The van der Waals surface area contributed by atoms with Crippen LogP contribution in [-0.4, -0.2) is 10.5 Å². The zero-order valence-corrected chi connectivity index (χ0v) is 11.7. The van der Waals surface area contributed by atoms with E-state index in [0.29, 0.717) is 5.41 Å². The van der Waals surface area contributed by atoms with Crippen LogP contribution < -0.4 is 0 Å². The second-order valence-electron chi connectivity index (χ2n) is 6.07. The molecule has 102 valence electrons. The van der Waals surface area contributed by atoms with Crippen LogP contribution in [0.5, 0.6) is 0 Å². The summed E-state index contributed by atoms with van der Waals surface area (Å²) in [5, 5.41) is 12.0. The van der Waals surface area contributed by atoms with Crippen LogP contribution in [0, 0.1) is 23.2 Å². The summed E-state index contributed by atoms with van der Waals surface area (Å²) in [5.41, 5.74) is 0.706. The molecule has 1 aromatic rings. The summed E-state index contributed by atoms with van der Waals surface area (Å²) in [4.78, 5) is 0. The minimum atomic E-state index is 0.706. The average molecular weight is 250 g/mol. The molecular formula is C16H26O2. The molecule has 2 bridgehead atoms. The Balaban J connectivity index is 0.000000174. The van der Waals surface area contributed by atoms with Crippen molar-refractivity contribution in [2.24, 2.45) is 23.2 Å². The molecule has 2 N–H and O–H groups in total. The van der Waals surface area contributed by atoms with Gasteiger partial charge in [-0.25, -0.2) is 0 Å². The van der Waals surface area contributed by atoms with Gasteiger partial charge in [0.15, 0.2) is 0 Å². The fraction of sp³-hybridized carbons (Fsp3) is 0.625. The van der Waals surface area contributed by atoms with Crippen LogP contribution in [0.15, 0.2) is 36.4 Å². The number of fused-ring (bicyclic) bond motifs is 2. The zero-order chi connectivity index (χ0) is 13.6. The van der Waals surface area contributed by atoms with Crippen molar-refractivity contribution in [3.05, 3.63) is 36.4 Å². The third-order valence-electron chi connectivity index (χ3n) is 4.87. The first-order valence-electron chi connectivity index (χ1n) is 6.82. The van der Waals surface area contributed by atoms with Gasteiger partial charge in [-0.05, 0) is 36.0 Å². The van der Waals surface area contributed by atoms with Crippen LogP contribution in [-0.2, 0) is 0 Å². The third-order valence-corrected chi connectivity index (χ3v) is 4.87. The highest BCUT2D eigenvalue weighted by atomic mass is 17.0. The van der Waals surface area contributed by atoms with E-state index in [4.69, 9.17) is 10.5 Å². The van der Waals surface area contributed by atoms with Crippen molar-refractivity contribution < 1.29 is 10.5 Å². The van der Waals surface area contributed by atoms with Gasteiger partial charge in [0.25, 0.3) is 0 Å². The highest BCUT2D eigenvalue weighted by Gasteiger charge is 2.52. The average Bonchev–Trinajstić information content (AvgIpc) is 2.43. The minimum Gasteiger partial charge on any atom is -0.255 e. The molecule has 0 radical (unpaired) electrons. The largest absolute Gasteiger partial charge is 0.255 e. The van der Waals surface area contributed by atoms with E-state index >= 15 is 0 Å². The van der Waals surface area contributed by atoms with Crippen molar-refractivity contribution in [1.82, 2.24) is 0 Å². The summed E-state index contributed by atoms with van der Waals surface area (Å²) >= 11 is 0. The molecule has 0 heterocycles. The second-order valence-corrected chi connectivity index (χ2v) is 6.07. The molecule has 0 spiro atoms. The predicted octanol–water partition coefficient (Wildman–Crippen LogP) is 4.78. The lowest BCUT2D eigenvalue weighted by Gasteiger charge is -2.59. The van der Waals surface area contributed by atoms with Crippen LogP contribution in [0.25, 0.3) is 0 Å². The Morgan fingerprint density at radius 2 is 1.33 bits per heavy atom. The fourth-order valence-corrected chi connectivity index (χ4v) is 3.56. The van der Waals surface area contributed by atoms with E-state index in [9.17, 15) is 0 Å². The maximum absolute atomic E-state index is 6.00. The van der Waals surface area contributed by atoms with E-state index < -0.39 is 0 Å². The maximum atomic E-state index is 6.00. The van der Waals surface area contributed by atoms with Crippen molar-refractivity contribution in [1.29, 1.82) is 0 Å². The van der Waals surface area contributed by atoms with Crippen LogP contribution in [0.2, 0.25) is 0 Å². The summed E-state index contributed by atoms with van der Waals surface area (Å²) in [6, 6.07) is 12.0. The molecule has 0 amide bonds. The normalized spacial score (nSPS) is 30.8. The number of hydrogen-bond donors (Lipinski definition) is 2. The molecule has 1 aromatic carbocycles. The van der Waals surface area contributed by atoms with Crippen molar-refractivity contribution in [2.45, 2.75) is 40.0 Å². The van der Waals surface area contributed by atoms with E-state index in [2.05, 4.69) is 20.8 Å². The van der Waals surface area contributed by atoms with E-state index in [-0.39, 0.29) is 0 Å². The SMILES string of the molecule is CC1CCC2CC1C2(C)C.OO.c1ccccc1. The molecule has 3 unspecified atom stereocenters. The maximum Gasteiger partial charge on any atom is -0.0295 e. The summed E-state index contributed by atoms with van der Waals surface area (Å²) in [7, 11) is 0. The topological polar surface area (TPSA) is 40.5 Å². The zero-order valence-electron chi connectivity index (χ0n) is 11.7. The molecular weight excluding hydrogens is 224 g/mol. The van der Waals surface area contributed by atoms with Gasteiger partial charge in [0.1, 0.15) is 0 Å². The Morgan fingerprint density at radius 1 is 0.889 bits per heavy atom. The molecule has 18 heavy (non-hydrogen) atoms. The lowest BCUT2D eigenvalue weighted by molar-refractivity contribution is -0.176. The molecule has 0 aliphatic heterocycles. The summed E-state index contributed by atoms with van der Waals surface area (Å²) in [6.07, 6.45) is 4.54. The van der Waals surface area contributed by atoms with E-state index in [1.165, 1.54) is 19.3 Å². The minimum absolute atomic E-state index is 0.706. The molecule has 3 fully saturated rings. The van der Waals surface area contributed by atoms with Gasteiger partial charge >= 0.3 is 0 Å². The Hall–Kier alpha value is -0.860. The molecule has 3 aliphatic rings. The number of hydrogen-bond acceptors (Lipinski definition) is 2. The lowest BCUT2D eigenvalue weighted by atomic mass is 9.46. The number of rotatable bonds is 0. The first-order valence-corrected chi connectivity index (χ1v) is 6.82. The Morgan fingerprint density at radius 3 is 1.56 bits per heavy atom. The van der Waals surface area contributed by atoms with E-state index in [1.807, 2.05) is 36.4 Å². The summed E-state index contributed by atoms with van der Waals surface area (Å²) in [6.45, 7) is 7.35. The van der Waals surface area contributed by atoms with Gasteiger partial charge in [-0.15, -0.1) is 0 Å². The summed E-state index contributed by atoms with van der Waals surface area (Å²) in [5.74, 6) is 3.15. The lowest BCUT2D eigenvalue weighted by Crippen LogP contribution is -2.51. The van der Waals surface area contributed by atoms with Crippen LogP contribution in [0.1, 0.15) is 40.0 Å². The molecule has 2 nitrogen and oxygen atoms in total. The highest BCUT2D eigenvalue weighted by molar-refractivity contribution is 5.02. The fourth-order valence-electron chi connectivity index (χ4n) is 3.56. The molecule has 2 heteroatoms. The molecule has 4 rings (SSSR count).